The second-order valence-corrected chi connectivity index (χ2v) is 4.54. The van der Waals surface area contributed by atoms with Gasteiger partial charge in [-0.15, -0.1) is 0 Å². The van der Waals surface area contributed by atoms with Gasteiger partial charge in [0.25, 0.3) is 0 Å². The molecule has 1 unspecified atom stereocenters. The molecule has 1 saturated heterocycles. The lowest BCUT2D eigenvalue weighted by molar-refractivity contribution is -0.142. The van der Waals surface area contributed by atoms with Gasteiger partial charge in [-0.3, -0.25) is 0 Å². The number of amides is 2. The quantitative estimate of drug-likeness (QED) is 0.694. The van der Waals surface area contributed by atoms with E-state index in [1.54, 1.807) is 0 Å². The van der Waals surface area contributed by atoms with E-state index in [1.165, 1.54) is 6.42 Å². The highest BCUT2D eigenvalue weighted by Crippen LogP contribution is 2.18. The fraction of sp³-hybridized carbons (Fsp3) is 0.833. The van der Waals surface area contributed by atoms with Crippen LogP contribution in [0.5, 0.6) is 0 Å². The largest absolute Gasteiger partial charge is 0.480 e. The molecule has 1 aliphatic heterocycles. The molecule has 1 fully saturated rings. The van der Waals surface area contributed by atoms with E-state index in [0.717, 1.165) is 25.9 Å². The van der Waals surface area contributed by atoms with E-state index in [0.29, 0.717) is 12.5 Å². The van der Waals surface area contributed by atoms with Crippen molar-refractivity contribution in [2.24, 2.45) is 5.92 Å². The Labute approximate surface area is 107 Å². The lowest BCUT2D eigenvalue weighted by Gasteiger charge is -2.32. The number of urea groups is 1. The van der Waals surface area contributed by atoms with Gasteiger partial charge in [-0.25, -0.2) is 9.59 Å². The molecule has 0 aromatic heterocycles. The fourth-order valence-corrected chi connectivity index (χ4v) is 2.08. The van der Waals surface area contributed by atoms with Gasteiger partial charge < -0.3 is 20.1 Å². The molecule has 0 aromatic carbocycles. The first-order chi connectivity index (χ1) is 8.63. The third kappa shape index (κ3) is 5.35. The van der Waals surface area contributed by atoms with Crippen LogP contribution in [0, 0.1) is 5.92 Å². The van der Waals surface area contributed by atoms with Crippen molar-refractivity contribution in [3.05, 3.63) is 0 Å². The SMILES string of the molecule is CCC1CCCN(C(=O)NCCOCC(=O)O)C1. The number of likely N-dealkylation sites (tertiary alicyclic amines) is 1. The van der Waals surface area contributed by atoms with Crippen LogP contribution >= 0.6 is 0 Å². The maximum Gasteiger partial charge on any atom is 0.329 e. The molecule has 0 spiro atoms. The van der Waals surface area contributed by atoms with E-state index in [-0.39, 0.29) is 19.2 Å². The van der Waals surface area contributed by atoms with Gasteiger partial charge in [-0.1, -0.05) is 13.3 Å². The molecule has 0 saturated carbocycles. The zero-order valence-electron chi connectivity index (χ0n) is 10.9. The predicted octanol–water partition coefficient (Wildman–Crippen LogP) is 0.919. The molecule has 0 bridgehead atoms. The average molecular weight is 258 g/mol. The lowest BCUT2D eigenvalue weighted by atomic mass is 9.96. The Morgan fingerprint density at radius 2 is 2.28 bits per heavy atom. The zero-order chi connectivity index (χ0) is 13.4. The van der Waals surface area contributed by atoms with Crippen molar-refractivity contribution in [1.82, 2.24) is 10.2 Å². The number of carbonyl (C=O) groups excluding carboxylic acids is 1. The Balaban J connectivity index is 2.14. The molecule has 0 aliphatic carbocycles. The Morgan fingerprint density at radius 3 is 2.94 bits per heavy atom. The first-order valence-electron chi connectivity index (χ1n) is 6.45. The highest BCUT2D eigenvalue weighted by molar-refractivity contribution is 5.74. The summed E-state index contributed by atoms with van der Waals surface area (Å²) in [5, 5.41) is 11.1. The molecule has 6 nitrogen and oxygen atoms in total. The molecule has 6 heteroatoms. The summed E-state index contributed by atoms with van der Waals surface area (Å²) in [7, 11) is 0. The van der Waals surface area contributed by atoms with Crippen molar-refractivity contribution in [2.45, 2.75) is 26.2 Å². The number of nitrogens with one attached hydrogen (secondary N) is 1. The number of nitrogens with zero attached hydrogens (tertiary/aromatic N) is 1. The van der Waals surface area contributed by atoms with Gasteiger partial charge in [0, 0.05) is 19.6 Å². The molecular weight excluding hydrogens is 236 g/mol. The van der Waals surface area contributed by atoms with Gasteiger partial charge in [0.1, 0.15) is 6.61 Å². The number of rotatable bonds is 6. The van der Waals surface area contributed by atoms with E-state index in [2.05, 4.69) is 12.2 Å². The number of carboxylic acids is 1. The van der Waals surface area contributed by atoms with Crippen molar-refractivity contribution < 1.29 is 19.4 Å². The third-order valence-corrected chi connectivity index (χ3v) is 3.13. The lowest BCUT2D eigenvalue weighted by Crippen LogP contribution is -2.46. The van der Waals surface area contributed by atoms with E-state index in [1.807, 2.05) is 4.90 Å². The van der Waals surface area contributed by atoms with Crippen molar-refractivity contribution in [1.29, 1.82) is 0 Å². The van der Waals surface area contributed by atoms with E-state index < -0.39 is 5.97 Å². The van der Waals surface area contributed by atoms with E-state index in [4.69, 9.17) is 9.84 Å². The standard InChI is InChI=1S/C12H22N2O4/c1-2-10-4-3-6-14(8-10)12(17)13-5-7-18-9-11(15)16/h10H,2-9H2,1H3,(H,13,17)(H,15,16). The summed E-state index contributed by atoms with van der Waals surface area (Å²) in [4.78, 5) is 23.8. The van der Waals surface area contributed by atoms with Crippen molar-refractivity contribution in [3.8, 4) is 0 Å². The Hall–Kier alpha value is -1.30. The normalized spacial score (nSPS) is 19.6. The Bertz CT molecular complexity index is 283. The number of carbonyl (C=O) groups is 2. The molecule has 1 atom stereocenters. The van der Waals surface area contributed by atoms with Crippen molar-refractivity contribution in [3.63, 3.8) is 0 Å². The summed E-state index contributed by atoms with van der Waals surface area (Å²) < 4.78 is 4.84. The fourth-order valence-electron chi connectivity index (χ4n) is 2.08. The molecule has 2 N–H and O–H groups in total. The molecule has 104 valence electrons. The first kappa shape index (κ1) is 14.8. The smallest absolute Gasteiger partial charge is 0.329 e. The van der Waals surface area contributed by atoms with Gasteiger partial charge in [0.05, 0.1) is 6.61 Å². The minimum atomic E-state index is -0.997. The minimum absolute atomic E-state index is 0.0768. The molecule has 1 rings (SSSR count). The average Bonchev–Trinajstić information content (AvgIpc) is 2.37. The van der Waals surface area contributed by atoms with E-state index in [9.17, 15) is 9.59 Å². The maximum absolute atomic E-state index is 11.8. The molecule has 0 aromatic rings. The second kappa shape index (κ2) is 7.92. The summed E-state index contributed by atoms with van der Waals surface area (Å²) >= 11 is 0. The van der Waals surface area contributed by atoms with Crippen LogP contribution in [0.25, 0.3) is 0 Å². The third-order valence-electron chi connectivity index (χ3n) is 3.13. The molecule has 2 amide bonds. The summed E-state index contributed by atoms with van der Waals surface area (Å²) in [5.74, 6) is -0.393. The molecular formula is C12H22N2O4. The predicted molar refractivity (Wildman–Crippen MR) is 66.4 cm³/mol. The maximum atomic E-state index is 11.8. The van der Waals surface area contributed by atoms with Gasteiger partial charge in [-0.05, 0) is 18.8 Å². The van der Waals surface area contributed by atoms with Gasteiger partial charge in [-0.2, -0.15) is 0 Å². The van der Waals surface area contributed by atoms with Crippen LogP contribution in [-0.2, 0) is 9.53 Å². The van der Waals surface area contributed by atoms with Crippen LogP contribution in [0.4, 0.5) is 4.79 Å². The van der Waals surface area contributed by atoms with Gasteiger partial charge in [0.2, 0.25) is 0 Å². The number of hydrogen-bond donors (Lipinski definition) is 2. The molecule has 1 heterocycles. The summed E-state index contributed by atoms with van der Waals surface area (Å²) in [6.07, 6.45) is 3.36. The Morgan fingerprint density at radius 1 is 1.50 bits per heavy atom. The second-order valence-electron chi connectivity index (χ2n) is 4.54. The number of ether oxygens (including phenoxy) is 1. The molecule has 1 aliphatic rings. The number of hydrogen-bond acceptors (Lipinski definition) is 3. The van der Waals surface area contributed by atoms with Crippen molar-refractivity contribution in [2.75, 3.05) is 32.8 Å². The van der Waals surface area contributed by atoms with Gasteiger partial charge in [0.15, 0.2) is 0 Å². The summed E-state index contributed by atoms with van der Waals surface area (Å²) in [5.41, 5.74) is 0. The highest BCUT2D eigenvalue weighted by atomic mass is 16.5. The summed E-state index contributed by atoms with van der Waals surface area (Å²) in [6.45, 7) is 4.02. The van der Waals surface area contributed by atoms with Crippen LogP contribution in [0.2, 0.25) is 0 Å². The van der Waals surface area contributed by atoms with Crippen LogP contribution in [0.1, 0.15) is 26.2 Å². The van der Waals surface area contributed by atoms with Gasteiger partial charge >= 0.3 is 12.0 Å². The summed E-state index contributed by atoms with van der Waals surface area (Å²) in [6, 6.07) is -0.0768. The van der Waals surface area contributed by atoms with Crippen molar-refractivity contribution >= 4 is 12.0 Å². The van der Waals surface area contributed by atoms with E-state index >= 15 is 0 Å². The highest BCUT2D eigenvalue weighted by Gasteiger charge is 2.21. The Kier molecular flexibility index (Phi) is 6.49. The van der Waals surface area contributed by atoms with Crippen LogP contribution in [0.15, 0.2) is 0 Å². The molecule has 18 heavy (non-hydrogen) atoms. The topological polar surface area (TPSA) is 78.9 Å². The van der Waals surface area contributed by atoms with Crippen LogP contribution in [-0.4, -0.2) is 54.9 Å². The number of piperidine rings is 1. The molecule has 0 radical (unpaired) electrons. The number of aliphatic carboxylic acids is 1. The first-order valence-corrected chi connectivity index (χ1v) is 6.45. The number of carboxylic acid groups (broad SMARTS) is 1. The monoisotopic (exact) mass is 258 g/mol. The van der Waals surface area contributed by atoms with Crippen LogP contribution < -0.4 is 5.32 Å². The zero-order valence-corrected chi connectivity index (χ0v) is 10.9. The van der Waals surface area contributed by atoms with Crippen LogP contribution in [0.3, 0.4) is 0 Å². The minimum Gasteiger partial charge on any atom is -0.480 e.